The first-order chi connectivity index (χ1) is 5.57. The molecule has 0 aliphatic rings. The molecule has 3 N–H and O–H groups in total. The van der Waals surface area contributed by atoms with Gasteiger partial charge in [-0.15, -0.1) is 0 Å². The number of nitrogens with two attached hydrogens (primary N) is 1. The molecule has 66 valence electrons. The van der Waals surface area contributed by atoms with Crippen molar-refractivity contribution in [2.45, 2.75) is 20.4 Å². The topological polar surface area (TPSA) is 46.2 Å². The summed E-state index contributed by atoms with van der Waals surface area (Å²) in [6, 6.07) is 2.01. The Kier molecular flexibility index (Phi) is 2.75. The van der Waals surface area contributed by atoms with E-state index in [-0.39, 0.29) is 5.75 Å². The maximum Gasteiger partial charge on any atom is 0.134 e. The number of phenols is 1. The molecule has 0 aliphatic carbocycles. The maximum atomic E-state index is 9.63. The van der Waals surface area contributed by atoms with Gasteiger partial charge in [0.05, 0.1) is 4.47 Å². The van der Waals surface area contributed by atoms with E-state index in [4.69, 9.17) is 5.73 Å². The third-order valence-corrected chi connectivity index (χ3v) is 2.95. The van der Waals surface area contributed by atoms with E-state index >= 15 is 0 Å². The summed E-state index contributed by atoms with van der Waals surface area (Å²) in [5, 5.41) is 9.63. The van der Waals surface area contributed by atoms with Gasteiger partial charge >= 0.3 is 0 Å². The fraction of sp³-hybridized carbons (Fsp3) is 0.333. The van der Waals surface area contributed by atoms with Crippen LogP contribution >= 0.6 is 15.9 Å². The summed E-state index contributed by atoms with van der Waals surface area (Å²) < 4.78 is 0.744. The Morgan fingerprint density at radius 1 is 1.42 bits per heavy atom. The van der Waals surface area contributed by atoms with Crippen molar-refractivity contribution in [1.29, 1.82) is 0 Å². The lowest BCUT2D eigenvalue weighted by Crippen LogP contribution is -2.00. The zero-order valence-electron chi connectivity index (χ0n) is 7.19. The van der Waals surface area contributed by atoms with E-state index in [1.807, 2.05) is 19.9 Å². The monoisotopic (exact) mass is 229 g/mol. The van der Waals surface area contributed by atoms with Gasteiger partial charge in [0.15, 0.2) is 0 Å². The van der Waals surface area contributed by atoms with Gasteiger partial charge in [0.25, 0.3) is 0 Å². The van der Waals surface area contributed by atoms with Crippen LogP contribution in [0.1, 0.15) is 16.7 Å². The van der Waals surface area contributed by atoms with E-state index in [9.17, 15) is 5.11 Å². The van der Waals surface area contributed by atoms with Crippen LogP contribution in [0.25, 0.3) is 0 Å². The van der Waals surface area contributed by atoms with Crippen LogP contribution in [0.2, 0.25) is 0 Å². The number of phenolic OH excluding ortho intramolecular Hbond substituents is 1. The molecule has 1 aromatic carbocycles. The molecule has 0 saturated heterocycles. The van der Waals surface area contributed by atoms with Crippen LogP contribution in [0.4, 0.5) is 0 Å². The molecule has 0 heterocycles. The summed E-state index contributed by atoms with van der Waals surface area (Å²) in [6.07, 6.45) is 0. The Morgan fingerprint density at radius 2 is 2.00 bits per heavy atom. The van der Waals surface area contributed by atoms with Crippen LogP contribution in [0.15, 0.2) is 10.5 Å². The van der Waals surface area contributed by atoms with E-state index in [2.05, 4.69) is 15.9 Å². The molecular formula is C9H12BrNO. The highest BCUT2D eigenvalue weighted by atomic mass is 79.9. The van der Waals surface area contributed by atoms with E-state index < -0.39 is 0 Å². The number of benzene rings is 1. The molecule has 1 rings (SSSR count). The smallest absolute Gasteiger partial charge is 0.134 e. The van der Waals surface area contributed by atoms with Gasteiger partial charge in [-0.3, -0.25) is 0 Å². The van der Waals surface area contributed by atoms with Crippen LogP contribution in [0.5, 0.6) is 5.75 Å². The average Bonchev–Trinajstić information content (AvgIpc) is 2.01. The SMILES string of the molecule is Cc1cc(C)c(CN)c(O)c1Br. The van der Waals surface area contributed by atoms with Crippen LogP contribution in [-0.4, -0.2) is 5.11 Å². The zero-order valence-corrected chi connectivity index (χ0v) is 8.77. The number of aryl methyl sites for hydroxylation is 2. The first-order valence-corrected chi connectivity index (χ1v) is 4.54. The second-order valence-electron chi connectivity index (χ2n) is 2.86. The molecule has 0 atom stereocenters. The average molecular weight is 230 g/mol. The predicted molar refractivity (Wildman–Crippen MR) is 53.2 cm³/mol. The Bertz CT molecular complexity index is 310. The molecule has 0 amide bonds. The predicted octanol–water partition coefficient (Wildman–Crippen LogP) is 2.23. The minimum absolute atomic E-state index is 0.273. The van der Waals surface area contributed by atoms with Gasteiger partial charge in [-0.25, -0.2) is 0 Å². The van der Waals surface area contributed by atoms with E-state index in [0.29, 0.717) is 6.54 Å². The van der Waals surface area contributed by atoms with Gasteiger partial charge in [0, 0.05) is 12.1 Å². The molecule has 0 spiro atoms. The van der Waals surface area contributed by atoms with E-state index in [1.165, 1.54) is 0 Å². The van der Waals surface area contributed by atoms with Crippen molar-refractivity contribution in [1.82, 2.24) is 0 Å². The van der Waals surface area contributed by atoms with Crippen molar-refractivity contribution in [3.05, 3.63) is 27.2 Å². The Labute approximate surface area is 80.5 Å². The van der Waals surface area contributed by atoms with Crippen LogP contribution < -0.4 is 5.73 Å². The van der Waals surface area contributed by atoms with Gasteiger partial charge in [0.1, 0.15) is 5.75 Å². The van der Waals surface area contributed by atoms with Crippen molar-refractivity contribution < 1.29 is 5.11 Å². The fourth-order valence-electron chi connectivity index (χ4n) is 1.24. The van der Waals surface area contributed by atoms with Crippen molar-refractivity contribution in [2.75, 3.05) is 0 Å². The first kappa shape index (κ1) is 9.55. The molecule has 12 heavy (non-hydrogen) atoms. The van der Waals surface area contributed by atoms with Crippen molar-refractivity contribution in [3.8, 4) is 5.75 Å². The maximum absolute atomic E-state index is 9.63. The molecular weight excluding hydrogens is 218 g/mol. The van der Waals surface area contributed by atoms with Crippen LogP contribution in [0, 0.1) is 13.8 Å². The quantitative estimate of drug-likeness (QED) is 0.777. The molecule has 1 aromatic rings. The fourth-order valence-corrected chi connectivity index (χ4v) is 1.59. The lowest BCUT2D eigenvalue weighted by Gasteiger charge is -2.09. The highest BCUT2D eigenvalue weighted by molar-refractivity contribution is 9.10. The van der Waals surface area contributed by atoms with Crippen LogP contribution in [-0.2, 0) is 6.54 Å². The van der Waals surface area contributed by atoms with Crippen LogP contribution in [0.3, 0.4) is 0 Å². The zero-order chi connectivity index (χ0) is 9.30. The summed E-state index contributed by atoms with van der Waals surface area (Å²) in [7, 11) is 0. The Balaban J connectivity index is 3.40. The summed E-state index contributed by atoms with van der Waals surface area (Å²) in [5.74, 6) is 0.273. The first-order valence-electron chi connectivity index (χ1n) is 3.75. The summed E-state index contributed by atoms with van der Waals surface area (Å²) >= 11 is 3.30. The highest BCUT2D eigenvalue weighted by Gasteiger charge is 2.09. The Morgan fingerprint density at radius 3 is 2.50 bits per heavy atom. The summed E-state index contributed by atoms with van der Waals surface area (Å²) in [5.41, 5.74) is 8.37. The molecule has 0 radical (unpaired) electrons. The molecule has 3 heteroatoms. The normalized spacial score (nSPS) is 10.3. The minimum atomic E-state index is 0.273. The minimum Gasteiger partial charge on any atom is -0.506 e. The standard InChI is InChI=1S/C9H12BrNO/c1-5-3-6(2)8(10)9(12)7(5)4-11/h3,12H,4,11H2,1-2H3. The second-order valence-corrected chi connectivity index (χ2v) is 3.65. The van der Waals surface area contributed by atoms with Gasteiger partial charge in [-0.1, -0.05) is 6.07 Å². The summed E-state index contributed by atoms with van der Waals surface area (Å²) in [6.45, 7) is 4.26. The van der Waals surface area contributed by atoms with Crippen molar-refractivity contribution in [2.24, 2.45) is 5.73 Å². The molecule has 0 saturated carbocycles. The molecule has 0 bridgehead atoms. The lowest BCUT2D eigenvalue weighted by atomic mass is 10.0. The highest BCUT2D eigenvalue weighted by Crippen LogP contribution is 2.32. The van der Waals surface area contributed by atoms with Crippen molar-refractivity contribution >= 4 is 15.9 Å². The number of rotatable bonds is 1. The lowest BCUT2D eigenvalue weighted by molar-refractivity contribution is 0.463. The molecule has 2 nitrogen and oxygen atoms in total. The number of hydrogen-bond acceptors (Lipinski definition) is 2. The molecule has 0 aromatic heterocycles. The van der Waals surface area contributed by atoms with Gasteiger partial charge in [-0.05, 0) is 40.9 Å². The summed E-state index contributed by atoms with van der Waals surface area (Å²) in [4.78, 5) is 0. The third kappa shape index (κ3) is 1.47. The molecule has 0 aliphatic heterocycles. The number of aromatic hydroxyl groups is 1. The van der Waals surface area contributed by atoms with Crippen molar-refractivity contribution in [3.63, 3.8) is 0 Å². The number of hydrogen-bond donors (Lipinski definition) is 2. The van der Waals surface area contributed by atoms with E-state index in [1.54, 1.807) is 0 Å². The number of halogens is 1. The van der Waals surface area contributed by atoms with Gasteiger partial charge in [-0.2, -0.15) is 0 Å². The largest absolute Gasteiger partial charge is 0.506 e. The Hall–Kier alpha value is -0.540. The molecule has 0 unspecified atom stereocenters. The molecule has 0 fully saturated rings. The second kappa shape index (κ2) is 3.46. The van der Waals surface area contributed by atoms with E-state index in [0.717, 1.165) is 21.2 Å². The third-order valence-electron chi connectivity index (χ3n) is 1.95. The van der Waals surface area contributed by atoms with Gasteiger partial charge in [0.2, 0.25) is 0 Å². The van der Waals surface area contributed by atoms with Gasteiger partial charge < -0.3 is 10.8 Å².